The molecule has 0 spiro atoms. The summed E-state index contributed by atoms with van der Waals surface area (Å²) in [6.45, 7) is 4.65. The van der Waals surface area contributed by atoms with Crippen molar-refractivity contribution in [1.29, 1.82) is 0 Å². The molecule has 0 atom stereocenters. The summed E-state index contributed by atoms with van der Waals surface area (Å²) >= 11 is 4.46. The number of thiophene rings is 1. The monoisotopic (exact) mass is 459 g/mol. The summed E-state index contributed by atoms with van der Waals surface area (Å²) in [5.41, 5.74) is 0.895. The summed E-state index contributed by atoms with van der Waals surface area (Å²) in [6.07, 6.45) is 3.64. The molecule has 26 heavy (non-hydrogen) atoms. The highest BCUT2D eigenvalue weighted by atomic mass is 79.9. The first-order valence-electron chi connectivity index (χ1n) is 8.53. The normalized spacial score (nSPS) is 15.2. The van der Waals surface area contributed by atoms with Crippen LogP contribution in [0.4, 0.5) is 11.8 Å². The molecular formula is C16H22BrN5O2S2. The maximum atomic E-state index is 12.2. The molecule has 2 aromatic heterocycles. The smallest absolute Gasteiger partial charge is 0.250 e. The topological polar surface area (TPSA) is 87.2 Å². The van der Waals surface area contributed by atoms with Gasteiger partial charge in [-0.1, -0.05) is 0 Å². The molecule has 2 N–H and O–H groups in total. The average Bonchev–Trinajstić information content (AvgIpc) is 3.07. The molecular weight excluding hydrogens is 438 g/mol. The van der Waals surface area contributed by atoms with Gasteiger partial charge in [0.25, 0.3) is 0 Å². The lowest BCUT2D eigenvalue weighted by Gasteiger charge is -2.28. The predicted molar refractivity (Wildman–Crippen MR) is 109 cm³/mol. The van der Waals surface area contributed by atoms with Gasteiger partial charge in [-0.05, 0) is 54.2 Å². The molecule has 2 aromatic rings. The molecule has 1 aliphatic rings. The number of nitrogens with zero attached hydrogens (tertiary/aromatic N) is 3. The summed E-state index contributed by atoms with van der Waals surface area (Å²) in [4.78, 5) is 11.2. The largest absolute Gasteiger partial charge is 0.356 e. The predicted octanol–water partition coefficient (Wildman–Crippen LogP) is 2.99. The molecule has 0 saturated carbocycles. The zero-order chi connectivity index (χ0) is 18.6. The summed E-state index contributed by atoms with van der Waals surface area (Å²) in [5.74, 6) is 1.47. The standard InChI is InChI=1S/C16H22BrN5O2S2/c1-12-11-14(22-9-3-2-4-10-22)21-16(20-12)18-7-8-19-26(23,24)15-6-5-13(17)25-15/h5-6,11,19H,2-4,7-10H2,1H3,(H,18,20,21). The van der Waals surface area contributed by atoms with E-state index in [4.69, 9.17) is 0 Å². The van der Waals surface area contributed by atoms with E-state index in [9.17, 15) is 8.42 Å². The number of halogens is 1. The Balaban J connectivity index is 1.55. The van der Waals surface area contributed by atoms with Crippen molar-refractivity contribution in [2.75, 3.05) is 36.4 Å². The fourth-order valence-corrected chi connectivity index (χ4v) is 5.88. The molecule has 1 saturated heterocycles. The second-order valence-electron chi connectivity index (χ2n) is 6.12. The van der Waals surface area contributed by atoms with Crippen LogP contribution in [0, 0.1) is 6.92 Å². The molecule has 0 aromatic carbocycles. The molecule has 1 fully saturated rings. The maximum absolute atomic E-state index is 12.2. The summed E-state index contributed by atoms with van der Waals surface area (Å²) in [7, 11) is -3.48. The molecule has 0 unspecified atom stereocenters. The van der Waals surface area contributed by atoms with Gasteiger partial charge >= 0.3 is 0 Å². The van der Waals surface area contributed by atoms with E-state index >= 15 is 0 Å². The van der Waals surface area contributed by atoms with Crippen LogP contribution in [0.1, 0.15) is 25.0 Å². The van der Waals surface area contributed by atoms with E-state index in [1.54, 1.807) is 12.1 Å². The molecule has 1 aliphatic heterocycles. The van der Waals surface area contributed by atoms with Crippen molar-refractivity contribution in [1.82, 2.24) is 14.7 Å². The third kappa shape index (κ3) is 5.15. The minimum absolute atomic E-state index is 0.258. The number of hydrogen-bond acceptors (Lipinski definition) is 7. The molecule has 7 nitrogen and oxygen atoms in total. The first-order chi connectivity index (χ1) is 12.4. The van der Waals surface area contributed by atoms with Crippen molar-refractivity contribution in [3.8, 4) is 0 Å². The highest BCUT2D eigenvalue weighted by Gasteiger charge is 2.16. The van der Waals surface area contributed by atoms with Gasteiger partial charge in [0, 0.05) is 37.9 Å². The quantitative estimate of drug-likeness (QED) is 0.618. The van der Waals surface area contributed by atoms with E-state index in [0.29, 0.717) is 16.7 Å². The number of anilines is 2. The zero-order valence-corrected chi connectivity index (χ0v) is 17.8. The number of hydrogen-bond donors (Lipinski definition) is 2. The van der Waals surface area contributed by atoms with E-state index in [0.717, 1.165) is 28.4 Å². The van der Waals surface area contributed by atoms with Crippen LogP contribution in [-0.2, 0) is 10.0 Å². The third-order valence-corrected chi connectivity index (χ3v) is 7.61. The van der Waals surface area contributed by atoms with Crippen LogP contribution in [-0.4, -0.2) is 44.6 Å². The van der Waals surface area contributed by atoms with Crippen molar-refractivity contribution < 1.29 is 8.42 Å². The lowest BCUT2D eigenvalue weighted by molar-refractivity contribution is 0.573. The van der Waals surface area contributed by atoms with E-state index in [-0.39, 0.29) is 6.54 Å². The van der Waals surface area contributed by atoms with Gasteiger partial charge in [0.1, 0.15) is 10.0 Å². The first-order valence-corrected chi connectivity index (χ1v) is 11.6. The number of aryl methyl sites for hydroxylation is 1. The molecule has 0 bridgehead atoms. The Hall–Kier alpha value is -1.23. The average molecular weight is 460 g/mol. The van der Waals surface area contributed by atoms with Gasteiger partial charge in [0.05, 0.1) is 3.79 Å². The lowest BCUT2D eigenvalue weighted by Crippen LogP contribution is -2.31. The Kier molecular flexibility index (Phi) is 6.49. The molecule has 3 heterocycles. The number of piperidine rings is 1. The van der Waals surface area contributed by atoms with Crippen molar-refractivity contribution >= 4 is 49.1 Å². The Labute approximate surface area is 166 Å². The molecule has 10 heteroatoms. The minimum atomic E-state index is -3.48. The maximum Gasteiger partial charge on any atom is 0.250 e. The fraction of sp³-hybridized carbons (Fsp3) is 0.500. The van der Waals surface area contributed by atoms with Crippen LogP contribution >= 0.6 is 27.3 Å². The highest BCUT2D eigenvalue weighted by Crippen LogP contribution is 2.25. The Bertz CT molecular complexity index is 850. The van der Waals surface area contributed by atoms with Gasteiger partial charge in [-0.3, -0.25) is 0 Å². The Morgan fingerprint density at radius 2 is 1.96 bits per heavy atom. The Morgan fingerprint density at radius 3 is 2.65 bits per heavy atom. The lowest BCUT2D eigenvalue weighted by atomic mass is 10.1. The third-order valence-electron chi connectivity index (χ3n) is 4.03. The molecule has 0 radical (unpaired) electrons. The zero-order valence-electron chi connectivity index (χ0n) is 14.5. The first kappa shape index (κ1) is 19.5. The van der Waals surface area contributed by atoms with Crippen LogP contribution < -0.4 is 14.9 Å². The van der Waals surface area contributed by atoms with E-state index in [1.807, 2.05) is 13.0 Å². The van der Waals surface area contributed by atoms with E-state index in [2.05, 4.69) is 40.8 Å². The van der Waals surface area contributed by atoms with Crippen molar-refractivity contribution in [2.24, 2.45) is 0 Å². The Morgan fingerprint density at radius 1 is 1.19 bits per heavy atom. The second-order valence-corrected chi connectivity index (χ2v) is 10.6. The highest BCUT2D eigenvalue weighted by molar-refractivity contribution is 9.11. The fourth-order valence-electron chi connectivity index (χ4n) is 2.79. The van der Waals surface area contributed by atoms with Crippen LogP contribution in [0.15, 0.2) is 26.2 Å². The van der Waals surface area contributed by atoms with Crippen LogP contribution in [0.5, 0.6) is 0 Å². The van der Waals surface area contributed by atoms with Gasteiger partial charge in [-0.2, -0.15) is 4.98 Å². The van der Waals surface area contributed by atoms with Crippen molar-refractivity contribution in [2.45, 2.75) is 30.4 Å². The molecule has 0 amide bonds. The summed E-state index contributed by atoms with van der Waals surface area (Å²) in [5, 5.41) is 3.11. The van der Waals surface area contributed by atoms with E-state index in [1.165, 1.54) is 30.6 Å². The van der Waals surface area contributed by atoms with E-state index < -0.39 is 10.0 Å². The van der Waals surface area contributed by atoms with Crippen molar-refractivity contribution in [3.63, 3.8) is 0 Å². The molecule has 0 aliphatic carbocycles. The van der Waals surface area contributed by atoms with Gasteiger partial charge < -0.3 is 10.2 Å². The summed E-state index contributed by atoms with van der Waals surface area (Å²) in [6, 6.07) is 5.30. The number of sulfonamides is 1. The molecule has 3 rings (SSSR count). The van der Waals surface area contributed by atoms with Crippen LogP contribution in [0.2, 0.25) is 0 Å². The second kappa shape index (κ2) is 8.64. The number of nitrogens with one attached hydrogen (secondary N) is 2. The minimum Gasteiger partial charge on any atom is -0.356 e. The number of aromatic nitrogens is 2. The van der Waals surface area contributed by atoms with Gasteiger partial charge in [0.15, 0.2) is 0 Å². The number of rotatable bonds is 7. The van der Waals surface area contributed by atoms with Gasteiger partial charge in [-0.15, -0.1) is 11.3 Å². The van der Waals surface area contributed by atoms with Gasteiger partial charge in [0.2, 0.25) is 16.0 Å². The van der Waals surface area contributed by atoms with Crippen LogP contribution in [0.25, 0.3) is 0 Å². The molecule has 142 valence electrons. The van der Waals surface area contributed by atoms with Crippen molar-refractivity contribution in [3.05, 3.63) is 27.7 Å². The SMILES string of the molecule is Cc1cc(N2CCCCC2)nc(NCCNS(=O)(=O)c2ccc(Br)s2)n1. The summed E-state index contributed by atoms with van der Waals surface area (Å²) < 4.78 is 28.0. The van der Waals surface area contributed by atoms with Gasteiger partial charge in [-0.25, -0.2) is 18.1 Å². The van der Waals surface area contributed by atoms with Crippen LogP contribution in [0.3, 0.4) is 0 Å².